The Morgan fingerprint density at radius 2 is 2.09 bits per heavy atom. The fourth-order valence-corrected chi connectivity index (χ4v) is 2.76. The zero-order valence-corrected chi connectivity index (χ0v) is 12.1. The lowest BCUT2D eigenvalue weighted by Crippen LogP contribution is -2.31. The SMILES string of the molecule is COc1ccc(-n2ncc3c4n(c(=O)nc32)CCCN4)cc1. The Bertz CT molecular complexity index is 895. The number of hydrogen-bond acceptors (Lipinski definition) is 5. The normalized spacial score (nSPS) is 13.7. The molecular formula is C15H15N5O2. The number of hydrogen-bond donors (Lipinski definition) is 1. The Labute approximate surface area is 126 Å². The Balaban J connectivity index is 1.92. The van der Waals surface area contributed by atoms with Crippen LogP contribution >= 0.6 is 0 Å². The summed E-state index contributed by atoms with van der Waals surface area (Å²) in [5, 5.41) is 8.53. The third-order valence-corrected chi connectivity index (χ3v) is 3.87. The maximum absolute atomic E-state index is 12.2. The molecule has 7 nitrogen and oxygen atoms in total. The van der Waals surface area contributed by atoms with Crippen LogP contribution in [0, 0.1) is 0 Å². The van der Waals surface area contributed by atoms with E-state index >= 15 is 0 Å². The summed E-state index contributed by atoms with van der Waals surface area (Å²) in [5.74, 6) is 1.58. The van der Waals surface area contributed by atoms with Gasteiger partial charge in [0.1, 0.15) is 11.6 Å². The van der Waals surface area contributed by atoms with Gasteiger partial charge in [0, 0.05) is 13.1 Å². The summed E-state index contributed by atoms with van der Waals surface area (Å²) in [5.41, 5.74) is 1.16. The Hall–Kier alpha value is -2.83. The van der Waals surface area contributed by atoms with Crippen molar-refractivity contribution in [2.75, 3.05) is 19.0 Å². The van der Waals surface area contributed by atoms with Gasteiger partial charge in [-0.25, -0.2) is 9.48 Å². The third kappa shape index (κ3) is 1.86. The topological polar surface area (TPSA) is 74.0 Å². The van der Waals surface area contributed by atoms with Crippen molar-refractivity contribution in [3.8, 4) is 11.4 Å². The fraction of sp³-hybridized carbons (Fsp3) is 0.267. The van der Waals surface area contributed by atoms with Gasteiger partial charge in [-0.2, -0.15) is 10.1 Å². The average Bonchev–Trinajstić information content (AvgIpc) is 2.99. The molecule has 0 radical (unpaired) electrons. The van der Waals surface area contributed by atoms with Crippen molar-refractivity contribution < 1.29 is 4.74 Å². The zero-order valence-electron chi connectivity index (χ0n) is 12.1. The van der Waals surface area contributed by atoms with Crippen LogP contribution in [0.15, 0.2) is 35.3 Å². The molecule has 2 aromatic heterocycles. The smallest absolute Gasteiger partial charge is 0.351 e. The van der Waals surface area contributed by atoms with Crippen LogP contribution in [0.1, 0.15) is 6.42 Å². The molecule has 0 bridgehead atoms. The Morgan fingerprint density at radius 3 is 2.86 bits per heavy atom. The molecule has 0 unspecified atom stereocenters. The zero-order chi connectivity index (χ0) is 15.1. The number of benzene rings is 1. The van der Waals surface area contributed by atoms with Crippen LogP contribution in [-0.4, -0.2) is 33.0 Å². The summed E-state index contributed by atoms with van der Waals surface area (Å²) in [7, 11) is 1.62. The van der Waals surface area contributed by atoms with E-state index in [-0.39, 0.29) is 5.69 Å². The second-order valence-electron chi connectivity index (χ2n) is 5.17. The number of rotatable bonds is 2. The summed E-state index contributed by atoms with van der Waals surface area (Å²) in [6, 6.07) is 7.48. The summed E-state index contributed by atoms with van der Waals surface area (Å²) in [6.07, 6.45) is 2.67. The highest BCUT2D eigenvalue weighted by atomic mass is 16.5. The van der Waals surface area contributed by atoms with Gasteiger partial charge in [0.05, 0.1) is 24.4 Å². The molecule has 0 amide bonds. The molecule has 4 rings (SSSR count). The van der Waals surface area contributed by atoms with Crippen molar-refractivity contribution in [3.63, 3.8) is 0 Å². The van der Waals surface area contributed by atoms with E-state index in [9.17, 15) is 4.79 Å². The lowest BCUT2D eigenvalue weighted by molar-refractivity contribution is 0.414. The van der Waals surface area contributed by atoms with E-state index in [2.05, 4.69) is 15.4 Å². The number of fused-ring (bicyclic) bond motifs is 3. The molecule has 0 fully saturated rings. The molecule has 0 spiro atoms. The number of aromatic nitrogens is 4. The van der Waals surface area contributed by atoms with E-state index in [0.29, 0.717) is 12.2 Å². The van der Waals surface area contributed by atoms with Crippen molar-refractivity contribution in [1.29, 1.82) is 0 Å². The maximum Gasteiger partial charge on any atom is 0.351 e. The molecule has 3 heterocycles. The molecule has 22 heavy (non-hydrogen) atoms. The first kappa shape index (κ1) is 12.9. The maximum atomic E-state index is 12.2. The van der Waals surface area contributed by atoms with Crippen LogP contribution in [-0.2, 0) is 6.54 Å². The molecule has 0 saturated heterocycles. The first-order valence-corrected chi connectivity index (χ1v) is 7.15. The van der Waals surface area contributed by atoms with Crippen molar-refractivity contribution in [2.24, 2.45) is 0 Å². The molecule has 7 heteroatoms. The quantitative estimate of drug-likeness (QED) is 0.774. The average molecular weight is 297 g/mol. The Kier molecular flexibility index (Phi) is 2.85. The lowest BCUT2D eigenvalue weighted by Gasteiger charge is -2.19. The number of nitrogens with zero attached hydrogens (tertiary/aromatic N) is 4. The Morgan fingerprint density at radius 1 is 1.27 bits per heavy atom. The summed E-state index contributed by atoms with van der Waals surface area (Å²) >= 11 is 0. The highest BCUT2D eigenvalue weighted by molar-refractivity contribution is 5.87. The van der Waals surface area contributed by atoms with Crippen LogP contribution < -0.4 is 15.7 Å². The van der Waals surface area contributed by atoms with Crippen molar-refractivity contribution in [1.82, 2.24) is 19.3 Å². The van der Waals surface area contributed by atoms with E-state index in [1.54, 1.807) is 22.6 Å². The highest BCUT2D eigenvalue weighted by Crippen LogP contribution is 2.25. The lowest BCUT2D eigenvalue weighted by atomic mass is 10.3. The predicted octanol–water partition coefficient (Wildman–Crippen LogP) is 1.41. The second kappa shape index (κ2) is 4.87. The van der Waals surface area contributed by atoms with Crippen molar-refractivity contribution in [2.45, 2.75) is 13.0 Å². The summed E-state index contributed by atoms with van der Waals surface area (Å²) in [6.45, 7) is 1.55. The minimum absolute atomic E-state index is 0.245. The largest absolute Gasteiger partial charge is 0.497 e. The van der Waals surface area contributed by atoms with Crippen LogP contribution in [0.5, 0.6) is 5.75 Å². The minimum Gasteiger partial charge on any atom is -0.497 e. The van der Waals surface area contributed by atoms with Gasteiger partial charge >= 0.3 is 5.69 Å². The molecule has 0 atom stereocenters. The fourth-order valence-electron chi connectivity index (χ4n) is 2.76. The van der Waals surface area contributed by atoms with Gasteiger partial charge in [0.15, 0.2) is 5.65 Å². The van der Waals surface area contributed by atoms with E-state index in [0.717, 1.165) is 35.6 Å². The van der Waals surface area contributed by atoms with E-state index < -0.39 is 0 Å². The number of anilines is 1. The van der Waals surface area contributed by atoms with Crippen LogP contribution in [0.3, 0.4) is 0 Å². The number of nitrogens with one attached hydrogen (secondary N) is 1. The van der Waals surface area contributed by atoms with Gasteiger partial charge in [0.2, 0.25) is 0 Å². The number of methoxy groups -OCH3 is 1. The first-order valence-electron chi connectivity index (χ1n) is 7.15. The van der Waals surface area contributed by atoms with Gasteiger partial charge in [-0.3, -0.25) is 4.57 Å². The number of ether oxygens (including phenoxy) is 1. The molecule has 0 aliphatic carbocycles. The second-order valence-corrected chi connectivity index (χ2v) is 5.17. The van der Waals surface area contributed by atoms with E-state index in [4.69, 9.17) is 4.74 Å². The molecule has 1 aliphatic heterocycles. The molecule has 112 valence electrons. The van der Waals surface area contributed by atoms with E-state index in [1.165, 1.54) is 0 Å². The van der Waals surface area contributed by atoms with Crippen LogP contribution in [0.4, 0.5) is 5.82 Å². The van der Waals surface area contributed by atoms with Crippen LogP contribution in [0.2, 0.25) is 0 Å². The molecule has 1 aliphatic rings. The van der Waals surface area contributed by atoms with Gasteiger partial charge < -0.3 is 10.1 Å². The standard InChI is InChI=1S/C15H15N5O2/c1-22-11-5-3-10(4-6-11)20-14-12(9-17-20)13-16-7-2-8-19(13)15(21)18-14/h3-6,9,16H,2,7-8H2,1H3. The summed E-state index contributed by atoms with van der Waals surface area (Å²) < 4.78 is 8.51. The molecule has 0 saturated carbocycles. The van der Waals surface area contributed by atoms with E-state index in [1.807, 2.05) is 24.3 Å². The van der Waals surface area contributed by atoms with Crippen LogP contribution in [0.25, 0.3) is 16.7 Å². The van der Waals surface area contributed by atoms with Gasteiger partial charge in [0.25, 0.3) is 0 Å². The van der Waals surface area contributed by atoms with Gasteiger partial charge in [-0.1, -0.05) is 0 Å². The third-order valence-electron chi connectivity index (χ3n) is 3.87. The van der Waals surface area contributed by atoms with Crippen molar-refractivity contribution >= 4 is 16.9 Å². The molecular weight excluding hydrogens is 282 g/mol. The minimum atomic E-state index is -0.245. The van der Waals surface area contributed by atoms with Gasteiger partial charge in [-0.15, -0.1) is 0 Å². The molecule has 1 aromatic carbocycles. The molecule has 1 N–H and O–H groups in total. The highest BCUT2D eigenvalue weighted by Gasteiger charge is 2.18. The summed E-state index contributed by atoms with van der Waals surface area (Å²) in [4.78, 5) is 16.4. The molecule has 3 aromatic rings. The predicted molar refractivity (Wildman–Crippen MR) is 82.8 cm³/mol. The monoisotopic (exact) mass is 297 g/mol. The van der Waals surface area contributed by atoms with Crippen molar-refractivity contribution in [3.05, 3.63) is 40.9 Å². The van der Waals surface area contributed by atoms with Gasteiger partial charge in [-0.05, 0) is 30.7 Å². The first-order chi connectivity index (χ1) is 10.8.